The average Bonchev–Trinajstić information content (AvgIpc) is 2.72. The Hall–Kier alpha value is -1.16. The SMILES string of the molecule is O=C(Nc1ccccc1)N1CCSC1. The first-order chi connectivity index (χ1) is 6.86. The summed E-state index contributed by atoms with van der Waals surface area (Å²) in [5.74, 6) is 1.85. The number of carbonyl (C=O) groups is 1. The molecule has 0 spiro atoms. The van der Waals surface area contributed by atoms with Gasteiger partial charge in [-0.25, -0.2) is 4.79 Å². The molecule has 1 aliphatic heterocycles. The first-order valence-corrected chi connectivity index (χ1v) is 5.70. The molecule has 3 nitrogen and oxygen atoms in total. The smallest absolute Gasteiger partial charge is 0.314 e. The maximum Gasteiger partial charge on any atom is 0.322 e. The summed E-state index contributed by atoms with van der Waals surface area (Å²) in [4.78, 5) is 13.4. The summed E-state index contributed by atoms with van der Waals surface area (Å²) in [5.41, 5.74) is 0.856. The van der Waals surface area contributed by atoms with E-state index < -0.39 is 0 Å². The van der Waals surface area contributed by atoms with E-state index in [1.807, 2.05) is 35.2 Å². The summed E-state index contributed by atoms with van der Waals surface area (Å²) in [6.45, 7) is 0.851. The number of amides is 2. The molecule has 1 saturated heterocycles. The number of hydrogen-bond donors (Lipinski definition) is 1. The zero-order valence-electron chi connectivity index (χ0n) is 7.77. The predicted octanol–water partition coefficient (Wildman–Crippen LogP) is 2.22. The molecular weight excluding hydrogens is 196 g/mol. The van der Waals surface area contributed by atoms with Crippen LogP contribution in [0.2, 0.25) is 0 Å². The van der Waals surface area contributed by atoms with Crippen molar-refractivity contribution in [2.45, 2.75) is 0 Å². The summed E-state index contributed by atoms with van der Waals surface area (Å²) < 4.78 is 0. The van der Waals surface area contributed by atoms with Gasteiger partial charge in [0.25, 0.3) is 0 Å². The lowest BCUT2D eigenvalue weighted by molar-refractivity contribution is 0.225. The van der Waals surface area contributed by atoms with Crippen LogP contribution in [0.3, 0.4) is 0 Å². The van der Waals surface area contributed by atoms with E-state index >= 15 is 0 Å². The fraction of sp³-hybridized carbons (Fsp3) is 0.300. The molecule has 1 fully saturated rings. The summed E-state index contributed by atoms with van der Waals surface area (Å²) >= 11 is 1.79. The monoisotopic (exact) mass is 208 g/mol. The van der Waals surface area contributed by atoms with Gasteiger partial charge in [0.1, 0.15) is 0 Å². The molecule has 1 aromatic rings. The molecule has 14 heavy (non-hydrogen) atoms. The first-order valence-electron chi connectivity index (χ1n) is 4.55. The van der Waals surface area contributed by atoms with Crippen molar-refractivity contribution in [3.05, 3.63) is 30.3 Å². The third-order valence-corrected chi connectivity index (χ3v) is 3.03. The van der Waals surface area contributed by atoms with Gasteiger partial charge in [-0.05, 0) is 12.1 Å². The van der Waals surface area contributed by atoms with E-state index in [0.29, 0.717) is 0 Å². The second-order valence-electron chi connectivity index (χ2n) is 3.10. The molecule has 1 aromatic carbocycles. The molecule has 0 unspecified atom stereocenters. The third-order valence-electron chi connectivity index (χ3n) is 2.06. The Labute approximate surface area is 87.5 Å². The van der Waals surface area contributed by atoms with Gasteiger partial charge in [-0.2, -0.15) is 0 Å². The average molecular weight is 208 g/mol. The highest BCUT2D eigenvalue weighted by Crippen LogP contribution is 2.15. The van der Waals surface area contributed by atoms with Gasteiger partial charge in [-0.1, -0.05) is 18.2 Å². The van der Waals surface area contributed by atoms with Crippen LogP contribution in [-0.4, -0.2) is 29.1 Å². The van der Waals surface area contributed by atoms with Crippen LogP contribution in [0, 0.1) is 0 Å². The highest BCUT2D eigenvalue weighted by molar-refractivity contribution is 7.99. The maximum atomic E-state index is 11.6. The summed E-state index contributed by atoms with van der Waals surface area (Å²) in [7, 11) is 0. The Balaban J connectivity index is 1.94. The van der Waals surface area contributed by atoms with Gasteiger partial charge in [-0.15, -0.1) is 11.8 Å². The van der Waals surface area contributed by atoms with Gasteiger partial charge in [0.15, 0.2) is 0 Å². The Morgan fingerprint density at radius 1 is 1.36 bits per heavy atom. The van der Waals surface area contributed by atoms with Crippen LogP contribution < -0.4 is 5.32 Å². The lowest BCUT2D eigenvalue weighted by Gasteiger charge is -2.15. The quantitative estimate of drug-likeness (QED) is 0.767. The number of rotatable bonds is 1. The Morgan fingerprint density at radius 2 is 2.14 bits per heavy atom. The number of nitrogens with one attached hydrogen (secondary N) is 1. The van der Waals surface area contributed by atoms with Crippen molar-refractivity contribution in [2.75, 3.05) is 23.5 Å². The van der Waals surface area contributed by atoms with E-state index in [2.05, 4.69) is 5.32 Å². The van der Waals surface area contributed by atoms with E-state index in [1.54, 1.807) is 11.8 Å². The van der Waals surface area contributed by atoms with E-state index in [4.69, 9.17) is 0 Å². The molecule has 0 aromatic heterocycles. The number of benzene rings is 1. The van der Waals surface area contributed by atoms with Crippen molar-refractivity contribution in [3.63, 3.8) is 0 Å². The van der Waals surface area contributed by atoms with Crippen LogP contribution in [-0.2, 0) is 0 Å². The van der Waals surface area contributed by atoms with Gasteiger partial charge in [0.05, 0.1) is 5.88 Å². The molecule has 0 atom stereocenters. The van der Waals surface area contributed by atoms with Crippen LogP contribution in [0.5, 0.6) is 0 Å². The van der Waals surface area contributed by atoms with Crippen molar-refractivity contribution in [1.29, 1.82) is 0 Å². The molecule has 1 aliphatic rings. The molecule has 1 N–H and O–H groups in total. The minimum Gasteiger partial charge on any atom is -0.314 e. The van der Waals surface area contributed by atoms with E-state index in [9.17, 15) is 4.79 Å². The zero-order chi connectivity index (χ0) is 9.80. The fourth-order valence-electron chi connectivity index (χ4n) is 1.30. The minimum absolute atomic E-state index is 0.00111. The highest BCUT2D eigenvalue weighted by atomic mass is 32.2. The van der Waals surface area contributed by atoms with Crippen molar-refractivity contribution >= 4 is 23.5 Å². The number of thioether (sulfide) groups is 1. The molecule has 4 heteroatoms. The molecule has 0 radical (unpaired) electrons. The Bertz CT molecular complexity index is 309. The van der Waals surface area contributed by atoms with E-state index in [-0.39, 0.29) is 6.03 Å². The maximum absolute atomic E-state index is 11.6. The van der Waals surface area contributed by atoms with Crippen molar-refractivity contribution < 1.29 is 4.79 Å². The van der Waals surface area contributed by atoms with Crippen molar-refractivity contribution in [2.24, 2.45) is 0 Å². The van der Waals surface area contributed by atoms with E-state index in [1.165, 1.54) is 0 Å². The lowest BCUT2D eigenvalue weighted by Crippen LogP contribution is -2.32. The number of para-hydroxylation sites is 1. The number of urea groups is 1. The van der Waals surface area contributed by atoms with Gasteiger partial charge in [0, 0.05) is 18.0 Å². The second-order valence-corrected chi connectivity index (χ2v) is 4.17. The Kier molecular flexibility index (Phi) is 2.93. The molecule has 1 heterocycles. The number of anilines is 1. The molecular formula is C10H12N2OS. The van der Waals surface area contributed by atoms with E-state index in [0.717, 1.165) is 23.9 Å². The normalized spacial score (nSPS) is 15.6. The molecule has 2 rings (SSSR count). The predicted molar refractivity (Wildman–Crippen MR) is 59.5 cm³/mol. The molecule has 0 bridgehead atoms. The van der Waals surface area contributed by atoms with Gasteiger partial charge in [0.2, 0.25) is 0 Å². The minimum atomic E-state index is 0.00111. The van der Waals surface area contributed by atoms with Crippen LogP contribution in [0.4, 0.5) is 10.5 Å². The largest absolute Gasteiger partial charge is 0.322 e. The van der Waals surface area contributed by atoms with Crippen molar-refractivity contribution in [3.8, 4) is 0 Å². The standard InChI is InChI=1S/C10H12N2OS/c13-10(12-6-7-14-8-12)11-9-4-2-1-3-5-9/h1-5H,6-8H2,(H,11,13). The summed E-state index contributed by atoms with van der Waals surface area (Å²) in [6.07, 6.45) is 0. The topological polar surface area (TPSA) is 32.3 Å². The summed E-state index contributed by atoms with van der Waals surface area (Å²) in [5, 5.41) is 2.86. The van der Waals surface area contributed by atoms with Gasteiger partial charge in [-0.3, -0.25) is 0 Å². The molecule has 0 aliphatic carbocycles. The number of nitrogens with zero attached hydrogens (tertiary/aromatic N) is 1. The molecule has 0 saturated carbocycles. The highest BCUT2D eigenvalue weighted by Gasteiger charge is 2.17. The van der Waals surface area contributed by atoms with Gasteiger partial charge >= 0.3 is 6.03 Å². The number of hydrogen-bond acceptors (Lipinski definition) is 2. The zero-order valence-corrected chi connectivity index (χ0v) is 8.59. The molecule has 74 valence electrons. The summed E-state index contributed by atoms with van der Waals surface area (Å²) in [6, 6.07) is 9.54. The Morgan fingerprint density at radius 3 is 2.79 bits per heavy atom. The number of carbonyl (C=O) groups excluding carboxylic acids is 1. The van der Waals surface area contributed by atoms with Crippen LogP contribution in [0.1, 0.15) is 0 Å². The van der Waals surface area contributed by atoms with Crippen LogP contribution in [0.15, 0.2) is 30.3 Å². The van der Waals surface area contributed by atoms with Crippen LogP contribution >= 0.6 is 11.8 Å². The third kappa shape index (κ3) is 2.20. The van der Waals surface area contributed by atoms with Crippen LogP contribution in [0.25, 0.3) is 0 Å². The lowest BCUT2D eigenvalue weighted by atomic mass is 10.3. The van der Waals surface area contributed by atoms with Gasteiger partial charge < -0.3 is 10.2 Å². The first kappa shape index (κ1) is 9.40. The second kappa shape index (κ2) is 4.37. The van der Waals surface area contributed by atoms with Crippen molar-refractivity contribution in [1.82, 2.24) is 4.90 Å². The molecule has 2 amide bonds. The fourth-order valence-corrected chi connectivity index (χ4v) is 2.24.